The van der Waals surface area contributed by atoms with Crippen LogP contribution in [0.2, 0.25) is 0 Å². The minimum atomic E-state index is -0.382. The molecule has 4 heteroatoms. The largest absolute Gasteiger partial charge is 0.506 e. The molecule has 2 rings (SSSR count). The lowest BCUT2D eigenvalue weighted by Gasteiger charge is -2.11. The first-order valence-corrected chi connectivity index (χ1v) is 5.84. The molecule has 0 amide bonds. The normalized spacial score (nSPS) is 10.4. The summed E-state index contributed by atoms with van der Waals surface area (Å²) in [5, 5.41) is 19.3. The van der Waals surface area contributed by atoms with Gasteiger partial charge in [0.15, 0.2) is 11.5 Å². The number of hydrogen-bond donors (Lipinski definition) is 3. The molecule has 2 aromatic carbocycles. The molecule has 2 aromatic rings. The van der Waals surface area contributed by atoms with Gasteiger partial charge in [-0.1, -0.05) is 18.2 Å². The number of hydrogen-bond acceptors (Lipinski definition) is 4. The first-order valence-electron chi connectivity index (χ1n) is 5.84. The Balaban J connectivity index is 2.60. The number of aryl methyl sites for hydroxylation is 2. The Bertz CT molecular complexity index is 642. The number of nitrogens with two attached hydrogens (primary N) is 1. The van der Waals surface area contributed by atoms with Crippen LogP contribution in [0.4, 0.5) is 5.69 Å². The molecule has 0 atom stereocenters. The minimum absolute atomic E-state index is 0.0905. The second-order valence-electron chi connectivity index (χ2n) is 4.49. The number of rotatable bonds is 2. The van der Waals surface area contributed by atoms with E-state index in [9.17, 15) is 15.0 Å². The van der Waals surface area contributed by atoms with Crippen LogP contribution < -0.4 is 5.73 Å². The topological polar surface area (TPSA) is 83.5 Å². The molecule has 0 fully saturated rings. The predicted molar refractivity (Wildman–Crippen MR) is 73.5 cm³/mol. The molecule has 0 aromatic heterocycles. The Morgan fingerprint density at radius 1 is 1.05 bits per heavy atom. The summed E-state index contributed by atoms with van der Waals surface area (Å²) < 4.78 is 0. The second-order valence-corrected chi connectivity index (χ2v) is 4.49. The van der Waals surface area contributed by atoms with Crippen LogP contribution in [-0.2, 0) is 0 Å². The van der Waals surface area contributed by atoms with Gasteiger partial charge in [0.2, 0.25) is 0 Å². The van der Waals surface area contributed by atoms with Crippen LogP contribution in [0.25, 0.3) is 0 Å². The van der Waals surface area contributed by atoms with Crippen LogP contribution in [0.15, 0.2) is 30.3 Å². The molecule has 0 saturated carbocycles. The maximum Gasteiger partial charge on any atom is 0.197 e. The summed E-state index contributed by atoms with van der Waals surface area (Å²) in [5.41, 5.74) is 7.63. The summed E-state index contributed by atoms with van der Waals surface area (Å²) >= 11 is 0. The van der Waals surface area contributed by atoms with Crippen molar-refractivity contribution in [2.45, 2.75) is 13.8 Å². The van der Waals surface area contributed by atoms with Crippen LogP contribution in [0, 0.1) is 13.8 Å². The fourth-order valence-corrected chi connectivity index (χ4v) is 2.09. The van der Waals surface area contributed by atoms with Gasteiger partial charge in [-0.25, -0.2) is 0 Å². The van der Waals surface area contributed by atoms with Gasteiger partial charge in [0.05, 0.1) is 5.56 Å². The Hall–Kier alpha value is -2.49. The molecule has 4 nitrogen and oxygen atoms in total. The summed E-state index contributed by atoms with van der Waals surface area (Å²) in [7, 11) is 0. The van der Waals surface area contributed by atoms with E-state index in [1.165, 1.54) is 12.1 Å². The number of benzene rings is 2. The van der Waals surface area contributed by atoms with Crippen LogP contribution >= 0.6 is 0 Å². The molecule has 0 saturated heterocycles. The Morgan fingerprint density at radius 3 is 2.21 bits per heavy atom. The number of nitrogen functional groups attached to an aromatic ring is 1. The van der Waals surface area contributed by atoms with Gasteiger partial charge in [0.1, 0.15) is 11.4 Å². The number of carbonyl (C=O) groups is 1. The highest BCUT2D eigenvalue weighted by Crippen LogP contribution is 2.34. The van der Waals surface area contributed by atoms with E-state index in [1.54, 1.807) is 0 Å². The summed E-state index contributed by atoms with van der Waals surface area (Å²) in [6, 6.07) is 8.21. The highest BCUT2D eigenvalue weighted by molar-refractivity contribution is 6.13. The second kappa shape index (κ2) is 4.65. The van der Waals surface area contributed by atoms with Crippen molar-refractivity contribution in [2.24, 2.45) is 0 Å². The maximum absolute atomic E-state index is 12.5. The number of anilines is 1. The van der Waals surface area contributed by atoms with Crippen molar-refractivity contribution in [2.75, 3.05) is 5.73 Å². The van der Waals surface area contributed by atoms with E-state index in [4.69, 9.17) is 5.73 Å². The summed E-state index contributed by atoms with van der Waals surface area (Å²) in [4.78, 5) is 12.5. The smallest absolute Gasteiger partial charge is 0.197 e. The standard InChI is InChI=1S/C15H15NO3/c1-8-4-3-5-9(2)12(8)14(18)10-6-7-11(17)13(16)15(10)19/h3-7,17,19H,16H2,1-2H3. The van der Waals surface area contributed by atoms with Crippen LogP contribution in [-0.4, -0.2) is 16.0 Å². The van der Waals surface area contributed by atoms with Gasteiger partial charge in [-0.3, -0.25) is 4.79 Å². The zero-order valence-corrected chi connectivity index (χ0v) is 10.8. The SMILES string of the molecule is Cc1cccc(C)c1C(=O)c1ccc(O)c(N)c1O. The molecule has 4 N–H and O–H groups in total. The number of ketones is 1. The van der Waals surface area contributed by atoms with Crippen molar-refractivity contribution in [3.05, 3.63) is 52.6 Å². The molecule has 19 heavy (non-hydrogen) atoms. The molecule has 0 heterocycles. The van der Waals surface area contributed by atoms with Crippen molar-refractivity contribution < 1.29 is 15.0 Å². The monoisotopic (exact) mass is 257 g/mol. The third-order valence-corrected chi connectivity index (χ3v) is 3.15. The molecule has 98 valence electrons. The molecule has 0 aliphatic heterocycles. The number of carbonyl (C=O) groups excluding carboxylic acids is 1. The maximum atomic E-state index is 12.5. The van der Waals surface area contributed by atoms with Crippen molar-refractivity contribution in [3.8, 4) is 11.5 Å². The minimum Gasteiger partial charge on any atom is -0.506 e. The Morgan fingerprint density at radius 2 is 1.63 bits per heavy atom. The Kier molecular flexibility index (Phi) is 3.17. The third-order valence-electron chi connectivity index (χ3n) is 3.15. The Labute approximate surface area is 111 Å². The highest BCUT2D eigenvalue weighted by atomic mass is 16.3. The average Bonchev–Trinajstić information content (AvgIpc) is 2.35. The van der Waals surface area contributed by atoms with Gasteiger partial charge in [0.25, 0.3) is 0 Å². The van der Waals surface area contributed by atoms with E-state index >= 15 is 0 Å². The lowest BCUT2D eigenvalue weighted by Crippen LogP contribution is -2.07. The molecule has 0 aliphatic carbocycles. The molecule has 0 aliphatic rings. The first kappa shape index (κ1) is 13.0. The lowest BCUT2D eigenvalue weighted by atomic mass is 9.94. The first-order chi connectivity index (χ1) is 8.93. The van der Waals surface area contributed by atoms with E-state index in [0.29, 0.717) is 5.56 Å². The van der Waals surface area contributed by atoms with Crippen LogP contribution in [0.1, 0.15) is 27.0 Å². The van der Waals surface area contributed by atoms with E-state index in [0.717, 1.165) is 11.1 Å². The number of phenolic OH excluding ortho intramolecular Hbond substituents is 2. The zero-order valence-electron chi connectivity index (χ0n) is 10.8. The number of phenols is 2. The van der Waals surface area contributed by atoms with Crippen molar-refractivity contribution >= 4 is 11.5 Å². The van der Waals surface area contributed by atoms with Gasteiger partial charge < -0.3 is 15.9 Å². The molecule has 0 bridgehead atoms. The zero-order chi connectivity index (χ0) is 14.2. The molecule has 0 spiro atoms. The molecular weight excluding hydrogens is 242 g/mol. The quantitative estimate of drug-likeness (QED) is 0.438. The summed E-state index contributed by atoms with van der Waals surface area (Å²) in [6.45, 7) is 3.67. The van der Waals surface area contributed by atoms with Crippen molar-refractivity contribution in [1.82, 2.24) is 0 Å². The summed E-state index contributed by atoms with van der Waals surface area (Å²) in [6.07, 6.45) is 0. The molecule has 0 radical (unpaired) electrons. The van der Waals surface area contributed by atoms with Crippen LogP contribution in [0.5, 0.6) is 11.5 Å². The van der Waals surface area contributed by atoms with Crippen molar-refractivity contribution in [1.29, 1.82) is 0 Å². The molecular formula is C15H15NO3. The lowest BCUT2D eigenvalue weighted by molar-refractivity contribution is 0.103. The van der Waals surface area contributed by atoms with Gasteiger partial charge in [-0.2, -0.15) is 0 Å². The van der Waals surface area contributed by atoms with Crippen LogP contribution in [0.3, 0.4) is 0 Å². The third kappa shape index (κ3) is 2.12. The van der Waals surface area contributed by atoms with E-state index in [1.807, 2.05) is 32.0 Å². The fourth-order valence-electron chi connectivity index (χ4n) is 2.09. The van der Waals surface area contributed by atoms with E-state index < -0.39 is 0 Å². The van der Waals surface area contributed by atoms with E-state index in [2.05, 4.69) is 0 Å². The summed E-state index contributed by atoms with van der Waals surface area (Å²) in [5.74, 6) is -0.928. The average molecular weight is 257 g/mol. The van der Waals surface area contributed by atoms with Crippen molar-refractivity contribution in [3.63, 3.8) is 0 Å². The highest BCUT2D eigenvalue weighted by Gasteiger charge is 2.20. The fraction of sp³-hybridized carbons (Fsp3) is 0.133. The molecule has 0 unspecified atom stereocenters. The van der Waals surface area contributed by atoms with E-state index in [-0.39, 0.29) is 28.5 Å². The van der Waals surface area contributed by atoms with Gasteiger partial charge in [-0.05, 0) is 37.1 Å². The predicted octanol–water partition coefficient (Wildman–Crippen LogP) is 2.53. The van der Waals surface area contributed by atoms with Gasteiger partial charge in [-0.15, -0.1) is 0 Å². The van der Waals surface area contributed by atoms with Gasteiger partial charge >= 0.3 is 0 Å². The number of aromatic hydroxyl groups is 2. The van der Waals surface area contributed by atoms with Gasteiger partial charge in [0, 0.05) is 5.56 Å².